The number of hydrogen-bond acceptors (Lipinski definition) is 4. The summed E-state index contributed by atoms with van der Waals surface area (Å²) in [6.45, 7) is 3.07. The highest BCUT2D eigenvalue weighted by Crippen LogP contribution is 2.22. The molecule has 0 radical (unpaired) electrons. The van der Waals surface area contributed by atoms with Gasteiger partial charge in [0, 0.05) is 6.04 Å². The molecule has 0 heterocycles. The fourth-order valence-electron chi connectivity index (χ4n) is 2.51. The highest BCUT2D eigenvalue weighted by atomic mass is 32.2. The third-order valence-corrected chi connectivity index (χ3v) is 5.37. The fourth-order valence-corrected chi connectivity index (χ4v) is 3.77. The molecule has 2 aromatic rings. The number of hydrogen-bond donors (Lipinski definition) is 1. The molecule has 142 valence electrons. The first-order chi connectivity index (χ1) is 12.3. The van der Waals surface area contributed by atoms with Crippen LogP contribution < -0.4 is 9.46 Å². The monoisotopic (exact) mass is 380 g/mol. The van der Waals surface area contributed by atoms with E-state index in [1.165, 1.54) is 24.3 Å². The van der Waals surface area contributed by atoms with Crippen LogP contribution in [0.3, 0.4) is 0 Å². The van der Waals surface area contributed by atoms with Crippen LogP contribution in [0.2, 0.25) is 0 Å². The third-order valence-electron chi connectivity index (χ3n) is 3.88. The van der Waals surface area contributed by atoms with Gasteiger partial charge in [-0.15, -0.1) is 0 Å². The Bertz CT molecular complexity index is 791. The summed E-state index contributed by atoms with van der Waals surface area (Å²) in [6, 6.07) is 11.7. The van der Waals surface area contributed by atoms with Gasteiger partial charge >= 0.3 is 0 Å². The van der Waals surface area contributed by atoms with Crippen molar-refractivity contribution < 1.29 is 17.5 Å². The molecule has 26 heavy (non-hydrogen) atoms. The quantitative estimate of drug-likeness (QED) is 0.726. The lowest BCUT2D eigenvalue weighted by atomic mass is 10.0. The van der Waals surface area contributed by atoms with Crippen LogP contribution in [0.5, 0.6) is 5.75 Å². The van der Waals surface area contributed by atoms with E-state index in [0.717, 1.165) is 5.56 Å². The molecule has 1 unspecified atom stereocenters. The van der Waals surface area contributed by atoms with Crippen LogP contribution in [0.4, 0.5) is 4.39 Å². The number of sulfonamides is 1. The summed E-state index contributed by atoms with van der Waals surface area (Å²) in [5, 5.41) is 0. The van der Waals surface area contributed by atoms with Gasteiger partial charge in [-0.2, -0.15) is 0 Å². The average Bonchev–Trinajstić information content (AvgIpc) is 2.60. The second-order valence-electron chi connectivity index (χ2n) is 6.22. The van der Waals surface area contributed by atoms with Gasteiger partial charge < -0.3 is 9.64 Å². The fraction of sp³-hybridized carbons (Fsp3) is 0.368. The summed E-state index contributed by atoms with van der Waals surface area (Å²) in [5.41, 5.74) is 0.725. The molecule has 0 aromatic heterocycles. The van der Waals surface area contributed by atoms with E-state index < -0.39 is 16.1 Å². The number of benzene rings is 2. The summed E-state index contributed by atoms with van der Waals surface area (Å²) in [4.78, 5) is 2.14. The Morgan fingerprint density at radius 3 is 2.23 bits per heavy atom. The van der Waals surface area contributed by atoms with Crippen LogP contribution in [0.15, 0.2) is 53.4 Å². The lowest BCUT2D eigenvalue weighted by Crippen LogP contribution is -2.31. The van der Waals surface area contributed by atoms with Crippen molar-refractivity contribution in [1.82, 2.24) is 9.62 Å². The Morgan fingerprint density at radius 2 is 1.69 bits per heavy atom. The van der Waals surface area contributed by atoms with Crippen molar-refractivity contribution >= 4 is 10.0 Å². The van der Waals surface area contributed by atoms with Crippen molar-refractivity contribution in [2.45, 2.75) is 24.3 Å². The van der Waals surface area contributed by atoms with E-state index in [0.29, 0.717) is 25.3 Å². The molecule has 0 saturated carbocycles. The molecule has 1 N–H and O–H groups in total. The SMILES string of the molecule is CCOc1ccc(S(=O)(=O)NC(CCN(C)C)c2ccc(F)cc2)cc1. The number of rotatable bonds is 9. The number of nitrogens with one attached hydrogen (secondary N) is 1. The summed E-state index contributed by atoms with van der Waals surface area (Å²) in [5.74, 6) is 0.267. The van der Waals surface area contributed by atoms with Crippen LogP contribution in [0, 0.1) is 5.82 Å². The molecule has 0 aliphatic carbocycles. The molecule has 5 nitrogen and oxygen atoms in total. The first kappa shape index (κ1) is 20.4. The maximum atomic E-state index is 13.2. The van der Waals surface area contributed by atoms with Crippen molar-refractivity contribution in [2.75, 3.05) is 27.2 Å². The van der Waals surface area contributed by atoms with Gasteiger partial charge in [0.25, 0.3) is 0 Å². The maximum absolute atomic E-state index is 13.2. The van der Waals surface area contributed by atoms with Gasteiger partial charge in [0.15, 0.2) is 0 Å². The van der Waals surface area contributed by atoms with Gasteiger partial charge in [0.1, 0.15) is 11.6 Å². The minimum atomic E-state index is -3.72. The largest absolute Gasteiger partial charge is 0.494 e. The average molecular weight is 380 g/mol. The Morgan fingerprint density at radius 1 is 1.08 bits per heavy atom. The molecular weight excluding hydrogens is 355 g/mol. The molecule has 0 saturated heterocycles. The van der Waals surface area contributed by atoms with Gasteiger partial charge in [0.2, 0.25) is 10.0 Å². The Labute approximate surface area is 154 Å². The van der Waals surface area contributed by atoms with E-state index in [9.17, 15) is 12.8 Å². The molecule has 0 aliphatic heterocycles. The van der Waals surface area contributed by atoms with Gasteiger partial charge in [-0.05, 0) is 75.9 Å². The number of ether oxygens (including phenoxy) is 1. The normalized spacial score (nSPS) is 13.0. The predicted molar refractivity (Wildman–Crippen MR) is 100 cm³/mol. The molecule has 7 heteroatoms. The van der Waals surface area contributed by atoms with Crippen LogP contribution in [-0.4, -0.2) is 40.6 Å². The molecule has 0 fully saturated rings. The summed E-state index contributed by atoms with van der Waals surface area (Å²) in [7, 11) is 0.123. The van der Waals surface area contributed by atoms with E-state index in [1.54, 1.807) is 24.3 Å². The number of halogens is 1. The minimum Gasteiger partial charge on any atom is -0.494 e. The predicted octanol–water partition coefficient (Wildman–Crippen LogP) is 3.20. The van der Waals surface area contributed by atoms with E-state index in [2.05, 4.69) is 4.72 Å². The second kappa shape index (κ2) is 9.12. The van der Waals surface area contributed by atoms with E-state index in [-0.39, 0.29) is 10.7 Å². The molecular formula is C19H25FN2O3S. The smallest absolute Gasteiger partial charge is 0.241 e. The van der Waals surface area contributed by atoms with Crippen LogP contribution in [-0.2, 0) is 10.0 Å². The topological polar surface area (TPSA) is 58.6 Å². The minimum absolute atomic E-state index is 0.165. The van der Waals surface area contributed by atoms with Crippen molar-refractivity contribution in [1.29, 1.82) is 0 Å². The highest BCUT2D eigenvalue weighted by molar-refractivity contribution is 7.89. The third kappa shape index (κ3) is 5.79. The summed E-state index contributed by atoms with van der Waals surface area (Å²) in [6.07, 6.45) is 0.564. The van der Waals surface area contributed by atoms with E-state index in [1.807, 2.05) is 25.9 Å². The zero-order chi connectivity index (χ0) is 19.2. The molecule has 2 rings (SSSR count). The molecule has 0 amide bonds. The van der Waals surface area contributed by atoms with Gasteiger partial charge in [0.05, 0.1) is 11.5 Å². The highest BCUT2D eigenvalue weighted by Gasteiger charge is 2.21. The zero-order valence-electron chi connectivity index (χ0n) is 15.3. The summed E-state index contributed by atoms with van der Waals surface area (Å²) < 4.78 is 46.8. The molecule has 0 bridgehead atoms. The van der Waals surface area contributed by atoms with Crippen LogP contribution >= 0.6 is 0 Å². The van der Waals surface area contributed by atoms with Gasteiger partial charge in [-0.25, -0.2) is 17.5 Å². The maximum Gasteiger partial charge on any atom is 0.241 e. The lowest BCUT2D eigenvalue weighted by Gasteiger charge is -2.21. The van der Waals surface area contributed by atoms with E-state index in [4.69, 9.17) is 4.74 Å². The molecule has 0 aliphatic rings. The molecule has 2 aromatic carbocycles. The first-order valence-electron chi connectivity index (χ1n) is 8.47. The van der Waals surface area contributed by atoms with Crippen molar-refractivity contribution in [3.63, 3.8) is 0 Å². The van der Waals surface area contributed by atoms with Gasteiger partial charge in [-0.3, -0.25) is 0 Å². The van der Waals surface area contributed by atoms with E-state index >= 15 is 0 Å². The van der Waals surface area contributed by atoms with Crippen molar-refractivity contribution in [2.24, 2.45) is 0 Å². The zero-order valence-corrected chi connectivity index (χ0v) is 16.1. The van der Waals surface area contributed by atoms with Crippen molar-refractivity contribution in [3.8, 4) is 5.75 Å². The Balaban J connectivity index is 2.22. The molecule has 1 atom stereocenters. The first-order valence-corrected chi connectivity index (χ1v) is 9.95. The summed E-state index contributed by atoms with van der Waals surface area (Å²) >= 11 is 0. The van der Waals surface area contributed by atoms with Crippen molar-refractivity contribution in [3.05, 3.63) is 59.9 Å². The standard InChI is InChI=1S/C19H25FN2O3S/c1-4-25-17-9-11-18(12-10-17)26(23,24)21-19(13-14-22(2)3)15-5-7-16(20)8-6-15/h5-12,19,21H,4,13-14H2,1-3H3. The van der Waals surface area contributed by atoms with Crippen LogP contribution in [0.25, 0.3) is 0 Å². The number of nitrogens with zero attached hydrogens (tertiary/aromatic N) is 1. The molecule has 0 spiro atoms. The van der Waals surface area contributed by atoms with Gasteiger partial charge in [-0.1, -0.05) is 12.1 Å². The Hall–Kier alpha value is -1.96. The van der Waals surface area contributed by atoms with Crippen LogP contribution in [0.1, 0.15) is 24.9 Å². The Kier molecular flexibility index (Phi) is 7.14. The second-order valence-corrected chi connectivity index (χ2v) is 7.94. The lowest BCUT2D eigenvalue weighted by molar-refractivity contribution is 0.340.